The molecule has 1 unspecified atom stereocenters. The highest BCUT2D eigenvalue weighted by Crippen LogP contribution is 2.14. The zero-order chi connectivity index (χ0) is 13.1. The van der Waals surface area contributed by atoms with E-state index < -0.39 is 0 Å². The average molecular weight is 250 g/mol. The molecule has 1 aliphatic carbocycles. The van der Waals surface area contributed by atoms with E-state index >= 15 is 0 Å². The van der Waals surface area contributed by atoms with E-state index in [1.807, 2.05) is 0 Å². The minimum Gasteiger partial charge on any atom is -0.300 e. The summed E-state index contributed by atoms with van der Waals surface area (Å²) >= 11 is 0. The normalized spacial score (nSPS) is 26.1. The van der Waals surface area contributed by atoms with Crippen molar-refractivity contribution < 1.29 is 4.79 Å². The van der Waals surface area contributed by atoms with E-state index in [2.05, 4.69) is 19.1 Å². The molecule has 1 heteroatoms. The Kier molecular flexibility index (Phi) is 8.89. The van der Waals surface area contributed by atoms with Gasteiger partial charge in [0.2, 0.25) is 0 Å². The minimum absolute atomic E-state index is 0.436. The number of hydrogen-bond acceptors (Lipinski definition) is 1. The number of ketones is 1. The third-order valence-corrected chi connectivity index (χ3v) is 3.84. The van der Waals surface area contributed by atoms with Crippen molar-refractivity contribution in [1.29, 1.82) is 0 Å². The fourth-order valence-electron chi connectivity index (χ4n) is 2.68. The number of allylic oxidation sites excluding steroid dienone is 2. The fourth-order valence-corrected chi connectivity index (χ4v) is 2.68. The largest absolute Gasteiger partial charge is 0.300 e. The van der Waals surface area contributed by atoms with Crippen LogP contribution in [0.2, 0.25) is 0 Å². The first kappa shape index (κ1) is 15.5. The van der Waals surface area contributed by atoms with E-state index in [0.29, 0.717) is 11.7 Å². The van der Waals surface area contributed by atoms with Crippen molar-refractivity contribution in [3.63, 3.8) is 0 Å². The SMILES string of the molecule is CC1C=CCCCCCCCCCCCC(=O)C1. The Morgan fingerprint density at radius 3 is 2.11 bits per heavy atom. The van der Waals surface area contributed by atoms with Gasteiger partial charge in [0.05, 0.1) is 0 Å². The molecule has 1 atom stereocenters. The number of carbonyl (C=O) groups is 1. The van der Waals surface area contributed by atoms with Crippen molar-refractivity contribution in [3.8, 4) is 0 Å². The number of hydrogen-bond donors (Lipinski definition) is 0. The third-order valence-electron chi connectivity index (χ3n) is 3.84. The highest BCUT2D eigenvalue weighted by Gasteiger charge is 2.06. The van der Waals surface area contributed by atoms with Crippen LogP contribution in [-0.4, -0.2) is 5.78 Å². The van der Waals surface area contributed by atoms with Gasteiger partial charge in [-0.15, -0.1) is 0 Å². The van der Waals surface area contributed by atoms with Crippen LogP contribution >= 0.6 is 0 Å². The van der Waals surface area contributed by atoms with Gasteiger partial charge in [0, 0.05) is 12.8 Å². The molecule has 0 saturated heterocycles. The molecule has 0 aromatic heterocycles. The van der Waals surface area contributed by atoms with Gasteiger partial charge >= 0.3 is 0 Å². The second-order valence-electron chi connectivity index (χ2n) is 5.87. The second-order valence-corrected chi connectivity index (χ2v) is 5.87. The van der Waals surface area contributed by atoms with E-state index in [-0.39, 0.29) is 0 Å². The molecule has 0 spiro atoms. The van der Waals surface area contributed by atoms with Gasteiger partial charge in [0.15, 0.2) is 0 Å². The van der Waals surface area contributed by atoms with Crippen LogP contribution < -0.4 is 0 Å². The van der Waals surface area contributed by atoms with Gasteiger partial charge in [-0.1, -0.05) is 64.0 Å². The van der Waals surface area contributed by atoms with E-state index in [4.69, 9.17) is 0 Å². The van der Waals surface area contributed by atoms with E-state index in [1.165, 1.54) is 57.8 Å². The molecule has 0 aromatic rings. The minimum atomic E-state index is 0.436. The average Bonchev–Trinajstić information content (AvgIpc) is 2.33. The Bertz CT molecular complexity index is 242. The predicted molar refractivity (Wildman–Crippen MR) is 78.7 cm³/mol. The number of rotatable bonds is 0. The summed E-state index contributed by atoms with van der Waals surface area (Å²) < 4.78 is 0. The van der Waals surface area contributed by atoms with Gasteiger partial charge in [-0.05, 0) is 25.2 Å². The lowest BCUT2D eigenvalue weighted by Gasteiger charge is -2.07. The van der Waals surface area contributed by atoms with E-state index in [1.54, 1.807) is 0 Å². The van der Waals surface area contributed by atoms with Crippen LogP contribution in [0.5, 0.6) is 0 Å². The Morgan fingerprint density at radius 1 is 0.889 bits per heavy atom. The van der Waals surface area contributed by atoms with Crippen LogP contribution in [0, 0.1) is 5.92 Å². The van der Waals surface area contributed by atoms with Gasteiger partial charge in [0.1, 0.15) is 5.78 Å². The molecule has 0 saturated carbocycles. The van der Waals surface area contributed by atoms with Gasteiger partial charge in [-0.2, -0.15) is 0 Å². The maximum atomic E-state index is 11.8. The van der Waals surface area contributed by atoms with Crippen LogP contribution in [0.15, 0.2) is 12.2 Å². The zero-order valence-electron chi connectivity index (χ0n) is 12.1. The first-order chi connectivity index (χ1) is 8.79. The molecular weight excluding hydrogens is 220 g/mol. The summed E-state index contributed by atoms with van der Waals surface area (Å²) in [6.07, 6.45) is 19.2. The molecule has 0 bridgehead atoms. The summed E-state index contributed by atoms with van der Waals surface area (Å²) in [5.41, 5.74) is 0. The van der Waals surface area contributed by atoms with Gasteiger partial charge in [0.25, 0.3) is 0 Å². The molecule has 1 aliphatic rings. The lowest BCUT2D eigenvalue weighted by molar-refractivity contribution is -0.119. The third kappa shape index (κ3) is 8.49. The van der Waals surface area contributed by atoms with Crippen molar-refractivity contribution in [1.82, 2.24) is 0 Å². The quantitative estimate of drug-likeness (QED) is 0.523. The van der Waals surface area contributed by atoms with Crippen molar-refractivity contribution >= 4 is 5.78 Å². The summed E-state index contributed by atoms with van der Waals surface area (Å²) in [6.45, 7) is 2.16. The van der Waals surface area contributed by atoms with Crippen molar-refractivity contribution in [2.45, 2.75) is 84.0 Å². The fraction of sp³-hybridized carbons (Fsp3) is 0.824. The molecule has 18 heavy (non-hydrogen) atoms. The standard InChI is InChI=1S/C17H30O/c1-16-13-11-9-7-5-3-2-4-6-8-10-12-14-17(18)15-16/h11,13,16H,2-10,12,14-15H2,1H3. The van der Waals surface area contributed by atoms with Crippen molar-refractivity contribution in [2.24, 2.45) is 5.92 Å². The number of carbonyl (C=O) groups excluding carboxylic acids is 1. The Hall–Kier alpha value is -0.590. The van der Waals surface area contributed by atoms with Crippen molar-refractivity contribution in [2.75, 3.05) is 0 Å². The summed E-state index contributed by atoms with van der Waals surface area (Å²) in [7, 11) is 0. The van der Waals surface area contributed by atoms with Gasteiger partial charge in [-0.25, -0.2) is 0 Å². The molecule has 1 nitrogen and oxygen atoms in total. The molecule has 0 amide bonds. The zero-order valence-corrected chi connectivity index (χ0v) is 12.1. The van der Waals surface area contributed by atoms with Crippen molar-refractivity contribution in [3.05, 3.63) is 12.2 Å². The lowest BCUT2D eigenvalue weighted by Crippen LogP contribution is -2.03. The molecule has 0 aliphatic heterocycles. The van der Waals surface area contributed by atoms with Crippen LogP contribution in [0.1, 0.15) is 84.0 Å². The Balaban J connectivity index is 2.30. The topological polar surface area (TPSA) is 17.1 Å². The maximum absolute atomic E-state index is 11.8. The Morgan fingerprint density at radius 2 is 1.44 bits per heavy atom. The van der Waals surface area contributed by atoms with Crippen LogP contribution in [-0.2, 0) is 4.79 Å². The highest BCUT2D eigenvalue weighted by molar-refractivity contribution is 5.78. The Labute approximate surface area is 113 Å². The summed E-state index contributed by atoms with van der Waals surface area (Å²) in [6, 6.07) is 0. The first-order valence-electron chi connectivity index (χ1n) is 7.97. The summed E-state index contributed by atoms with van der Waals surface area (Å²) in [4.78, 5) is 11.8. The monoisotopic (exact) mass is 250 g/mol. The van der Waals surface area contributed by atoms with Gasteiger partial charge < -0.3 is 0 Å². The molecule has 0 aromatic carbocycles. The van der Waals surface area contributed by atoms with Crippen LogP contribution in [0.4, 0.5) is 0 Å². The first-order valence-corrected chi connectivity index (χ1v) is 7.97. The predicted octanol–water partition coefficient (Wildman–Crippen LogP) is 5.44. The van der Waals surface area contributed by atoms with E-state index in [9.17, 15) is 4.79 Å². The molecule has 0 radical (unpaired) electrons. The highest BCUT2D eigenvalue weighted by atomic mass is 16.1. The molecule has 1 rings (SSSR count). The molecular formula is C17H30O. The second kappa shape index (κ2) is 10.3. The van der Waals surface area contributed by atoms with Gasteiger partial charge in [-0.3, -0.25) is 4.79 Å². The lowest BCUT2D eigenvalue weighted by atomic mass is 9.98. The molecule has 104 valence electrons. The smallest absolute Gasteiger partial charge is 0.133 e. The molecule has 0 N–H and O–H groups in total. The summed E-state index contributed by atoms with van der Waals surface area (Å²) in [5.74, 6) is 0.893. The van der Waals surface area contributed by atoms with E-state index in [0.717, 1.165) is 19.3 Å². The van der Waals surface area contributed by atoms with Crippen LogP contribution in [0.3, 0.4) is 0 Å². The number of Topliss-reactive ketones (excluding diaryl/α,β-unsaturated/α-hetero) is 1. The van der Waals surface area contributed by atoms with Crippen LogP contribution in [0.25, 0.3) is 0 Å². The summed E-state index contributed by atoms with van der Waals surface area (Å²) in [5, 5.41) is 0. The molecule has 0 heterocycles. The molecule has 0 fully saturated rings. The maximum Gasteiger partial charge on any atom is 0.133 e.